The molecule has 0 aromatic carbocycles. The molecule has 4 N–H and O–H groups in total. The Balaban J connectivity index is -0.0000000250. The first kappa shape index (κ1) is 23.7. The molecule has 0 bridgehead atoms. The molecule has 0 atom stereocenters. The second-order valence-corrected chi connectivity index (χ2v) is 1.22. The van der Waals surface area contributed by atoms with E-state index in [1.165, 1.54) is 0 Å². The topological polar surface area (TPSA) is 149 Å². The summed E-state index contributed by atoms with van der Waals surface area (Å²) < 4.78 is 0. The minimum Gasteiger partial charge on any atom is -1.00 e. The van der Waals surface area contributed by atoms with Crippen molar-refractivity contribution < 1.29 is 64.2 Å². The van der Waals surface area contributed by atoms with Crippen molar-refractivity contribution in [2.45, 2.75) is 0 Å². The van der Waals surface area contributed by atoms with Crippen molar-refractivity contribution in [3.05, 3.63) is 0 Å². The van der Waals surface area contributed by atoms with E-state index in [1.54, 1.807) is 0 Å². The van der Waals surface area contributed by atoms with Gasteiger partial charge in [0.15, 0.2) is 0 Å². The van der Waals surface area contributed by atoms with E-state index in [9.17, 15) is 0 Å². The molecule has 10 heteroatoms. The Morgan fingerprint density at radius 3 is 0.714 bits per heavy atom. The van der Waals surface area contributed by atoms with E-state index in [0.717, 1.165) is 0 Å². The van der Waals surface area contributed by atoms with Crippen molar-refractivity contribution in [1.82, 2.24) is 0 Å². The minimum absolute atomic E-state index is 0. The van der Waals surface area contributed by atoms with Gasteiger partial charge in [0.2, 0.25) is 0 Å². The molecule has 0 aliphatic heterocycles. The van der Waals surface area contributed by atoms with Crippen molar-refractivity contribution >= 4 is 69.4 Å². The van der Waals surface area contributed by atoms with Crippen LogP contribution in [-0.4, -0.2) is 89.8 Å². The standard InChI is InChI=1S/2C2H2O4.Sr.Ti.2H/c2*3-1(4)2(5)6;;;;/h2*(H,3,4)(H,5,6);;;;/q;;+2;;2*-1. The van der Waals surface area contributed by atoms with E-state index in [1.807, 2.05) is 0 Å². The molecule has 14 heavy (non-hydrogen) atoms. The maximum atomic E-state index is 9.10. The number of hydrogen-bond donors (Lipinski definition) is 4. The Bertz CT molecular complexity index is 186. The zero-order valence-corrected chi connectivity index (χ0v) is 11.7. The molecule has 0 amide bonds. The van der Waals surface area contributed by atoms with Crippen molar-refractivity contribution in [2.24, 2.45) is 0 Å². The van der Waals surface area contributed by atoms with Crippen LogP contribution in [0, 0.1) is 0 Å². The fourth-order valence-electron chi connectivity index (χ4n) is 0. The van der Waals surface area contributed by atoms with Crippen LogP contribution in [0.15, 0.2) is 0 Å². The number of rotatable bonds is 0. The molecule has 0 aromatic rings. The summed E-state index contributed by atoms with van der Waals surface area (Å²) in [4.78, 5) is 36.4. The first-order valence-electron chi connectivity index (χ1n) is 2.21. The van der Waals surface area contributed by atoms with Crippen molar-refractivity contribution in [2.75, 3.05) is 0 Å². The fraction of sp³-hybridized carbons (Fsp3) is 0. The van der Waals surface area contributed by atoms with Gasteiger partial charge in [0, 0.05) is 21.7 Å². The summed E-state index contributed by atoms with van der Waals surface area (Å²) >= 11 is 0. The first-order chi connectivity index (χ1) is 5.29. The Hall–Kier alpha value is 0.0748. The predicted octanol–water partition coefficient (Wildman–Crippen LogP) is -1.85. The zero-order chi connectivity index (χ0) is 10.3. The predicted molar refractivity (Wildman–Crippen MR) is 38.5 cm³/mol. The van der Waals surface area contributed by atoms with Crippen molar-refractivity contribution in [1.29, 1.82) is 0 Å². The van der Waals surface area contributed by atoms with Gasteiger partial charge >= 0.3 is 69.4 Å². The summed E-state index contributed by atoms with van der Waals surface area (Å²) in [5.74, 6) is -7.30. The van der Waals surface area contributed by atoms with Crippen LogP contribution in [0.25, 0.3) is 0 Å². The summed E-state index contributed by atoms with van der Waals surface area (Å²) in [6, 6.07) is 0. The third kappa shape index (κ3) is 22.7. The van der Waals surface area contributed by atoms with Gasteiger partial charge in [-0.15, -0.1) is 0 Å². The van der Waals surface area contributed by atoms with Gasteiger partial charge < -0.3 is 23.3 Å². The van der Waals surface area contributed by atoms with Crippen LogP contribution >= 0.6 is 0 Å². The Labute approximate surface area is 132 Å². The molecule has 0 aliphatic carbocycles. The Morgan fingerprint density at radius 1 is 0.643 bits per heavy atom. The minimum atomic E-state index is -1.82. The second kappa shape index (κ2) is 13.1. The maximum Gasteiger partial charge on any atom is 2.00 e. The van der Waals surface area contributed by atoms with Crippen molar-refractivity contribution in [3.63, 3.8) is 0 Å². The van der Waals surface area contributed by atoms with Gasteiger partial charge in [-0.2, -0.15) is 0 Å². The number of carboxylic acids is 4. The smallest absolute Gasteiger partial charge is 1.00 e. The average molecular weight is 318 g/mol. The van der Waals surface area contributed by atoms with Gasteiger partial charge in [0.25, 0.3) is 0 Å². The molecule has 0 heterocycles. The van der Waals surface area contributed by atoms with Gasteiger partial charge in [0.1, 0.15) is 0 Å². The van der Waals surface area contributed by atoms with E-state index >= 15 is 0 Å². The molecule has 0 radical (unpaired) electrons. The number of carboxylic acid groups (broad SMARTS) is 4. The van der Waals surface area contributed by atoms with E-state index < -0.39 is 23.9 Å². The van der Waals surface area contributed by atoms with Crippen LogP contribution in [0.1, 0.15) is 2.85 Å². The zero-order valence-electron chi connectivity index (χ0n) is 8.63. The van der Waals surface area contributed by atoms with Crippen LogP contribution in [0.4, 0.5) is 0 Å². The molecule has 8 nitrogen and oxygen atoms in total. The Kier molecular flexibility index (Phi) is 22.1. The van der Waals surface area contributed by atoms with E-state index in [-0.39, 0.29) is 70.1 Å². The summed E-state index contributed by atoms with van der Waals surface area (Å²) in [6.45, 7) is 0. The fourth-order valence-corrected chi connectivity index (χ4v) is 0. The molecular formula is C4H6O8SrTi. The van der Waals surface area contributed by atoms with Gasteiger partial charge in [-0.1, -0.05) is 0 Å². The third-order valence-corrected chi connectivity index (χ3v) is 0.366. The van der Waals surface area contributed by atoms with Crippen molar-refractivity contribution in [3.8, 4) is 0 Å². The van der Waals surface area contributed by atoms with Crippen LogP contribution < -0.4 is 0 Å². The average Bonchev–Trinajstić information content (AvgIpc) is 1.88. The molecule has 0 saturated heterocycles. The molecule has 0 saturated carbocycles. The van der Waals surface area contributed by atoms with Gasteiger partial charge in [-0.25, -0.2) is 19.2 Å². The summed E-state index contributed by atoms with van der Waals surface area (Å²) in [6.07, 6.45) is 0. The monoisotopic (exact) mass is 318 g/mol. The second-order valence-electron chi connectivity index (χ2n) is 1.22. The van der Waals surface area contributed by atoms with E-state index in [2.05, 4.69) is 0 Å². The van der Waals surface area contributed by atoms with Crippen LogP contribution in [-0.2, 0) is 40.9 Å². The molecule has 0 unspecified atom stereocenters. The molecule has 0 fully saturated rings. The van der Waals surface area contributed by atoms with Crippen LogP contribution in [0.3, 0.4) is 0 Å². The summed E-state index contributed by atoms with van der Waals surface area (Å²) in [5, 5.41) is 29.6. The molecule has 0 rings (SSSR count). The molecule has 0 spiro atoms. The summed E-state index contributed by atoms with van der Waals surface area (Å²) in [7, 11) is 0. The molecular weight excluding hydrogens is 312 g/mol. The van der Waals surface area contributed by atoms with Crippen LogP contribution in [0.5, 0.6) is 0 Å². The largest absolute Gasteiger partial charge is 2.00 e. The van der Waals surface area contributed by atoms with E-state index in [0.29, 0.717) is 0 Å². The molecule has 0 aromatic heterocycles. The van der Waals surface area contributed by atoms with E-state index in [4.69, 9.17) is 39.6 Å². The normalized spacial score (nSPS) is 6.29. The number of hydrogen-bond acceptors (Lipinski definition) is 4. The van der Waals surface area contributed by atoms with Gasteiger partial charge in [0.05, 0.1) is 0 Å². The number of carbonyl (C=O) groups is 4. The SMILES string of the molecule is O=C(O)C(=O)O.O=C(O)C(=O)O.[H-].[H-].[Sr+2].[Ti]. The van der Waals surface area contributed by atoms with Crippen LogP contribution in [0.2, 0.25) is 0 Å². The number of aliphatic carboxylic acids is 4. The quantitative estimate of drug-likeness (QED) is 0.300. The van der Waals surface area contributed by atoms with Gasteiger partial charge in [-0.05, 0) is 0 Å². The third-order valence-electron chi connectivity index (χ3n) is 0.366. The molecule has 0 aliphatic rings. The summed E-state index contributed by atoms with van der Waals surface area (Å²) in [5.41, 5.74) is 0. The molecule has 76 valence electrons. The van der Waals surface area contributed by atoms with Gasteiger partial charge in [-0.3, -0.25) is 0 Å². The maximum absolute atomic E-state index is 9.10. The first-order valence-corrected chi connectivity index (χ1v) is 2.21. The Morgan fingerprint density at radius 2 is 0.714 bits per heavy atom.